The monoisotopic (exact) mass is 362 g/mol. The van der Waals surface area contributed by atoms with Gasteiger partial charge in [-0.15, -0.1) is 13.2 Å². The minimum atomic E-state index is -4.67. The Kier molecular flexibility index (Phi) is 4.70. The number of carbonyl (C=O) groups excluding carboxylic acids is 1. The Morgan fingerprint density at radius 1 is 1.23 bits per heavy atom. The Hall–Kier alpha value is -3.23. The molecule has 0 aliphatic carbocycles. The largest absolute Gasteiger partial charge is 0.505 e. The van der Waals surface area contributed by atoms with E-state index in [2.05, 4.69) is 15.1 Å². The highest BCUT2D eigenvalue weighted by Crippen LogP contribution is 2.30. The van der Waals surface area contributed by atoms with Crippen molar-refractivity contribution in [2.45, 2.75) is 19.8 Å². The summed E-state index contributed by atoms with van der Waals surface area (Å²) in [6.45, 7) is 1.62. The maximum Gasteiger partial charge on any atom is 0.505 e. The highest BCUT2D eigenvalue weighted by molar-refractivity contribution is 5.81. The number of nitrogens with zero attached hydrogens (tertiary/aromatic N) is 4. The molecule has 134 valence electrons. The number of rotatable bonds is 5. The molecule has 0 radical (unpaired) electrons. The minimum Gasteiger partial charge on any atom is -0.486 e. The average molecular weight is 362 g/mol. The molecule has 0 fully saturated rings. The summed E-state index contributed by atoms with van der Waals surface area (Å²) >= 11 is 0. The lowest BCUT2D eigenvalue weighted by Gasteiger charge is -2.14. The smallest absolute Gasteiger partial charge is 0.486 e. The van der Waals surface area contributed by atoms with Gasteiger partial charge in [-0.3, -0.25) is 14.8 Å². The van der Waals surface area contributed by atoms with E-state index in [4.69, 9.17) is 4.74 Å². The van der Waals surface area contributed by atoms with Crippen LogP contribution in [-0.4, -0.2) is 26.0 Å². The molecule has 3 heterocycles. The van der Waals surface area contributed by atoms with Gasteiger partial charge in [0.1, 0.15) is 12.4 Å². The van der Waals surface area contributed by atoms with Crippen molar-refractivity contribution in [3.63, 3.8) is 0 Å². The van der Waals surface area contributed by atoms with Crippen molar-refractivity contribution in [1.82, 2.24) is 19.7 Å². The molecule has 0 unspecified atom stereocenters. The number of pyridine rings is 2. The van der Waals surface area contributed by atoms with Gasteiger partial charge < -0.3 is 4.74 Å². The van der Waals surface area contributed by atoms with Crippen LogP contribution in [0.2, 0.25) is 0 Å². The van der Waals surface area contributed by atoms with Gasteiger partial charge in [-0.25, -0.2) is 0 Å². The summed E-state index contributed by atoms with van der Waals surface area (Å²) in [6, 6.07) is 4.41. The number of hydrogen-bond donors (Lipinski definition) is 0. The molecule has 0 aliphatic rings. The van der Waals surface area contributed by atoms with Gasteiger partial charge in [0.2, 0.25) is 0 Å². The second-order valence-electron chi connectivity index (χ2n) is 5.38. The fourth-order valence-electron chi connectivity index (χ4n) is 2.44. The lowest BCUT2D eigenvalue weighted by Crippen LogP contribution is -2.20. The first-order chi connectivity index (χ1) is 12.4. The number of carbonyl (C=O) groups is 1. The molecule has 9 heteroatoms. The summed E-state index contributed by atoms with van der Waals surface area (Å²) in [7, 11) is 0. The lowest BCUT2D eigenvalue weighted by molar-refractivity contribution is -0.211. The van der Waals surface area contributed by atoms with Gasteiger partial charge in [0.15, 0.2) is 6.29 Å². The Balaban J connectivity index is 1.94. The van der Waals surface area contributed by atoms with Crippen molar-refractivity contribution in [1.29, 1.82) is 0 Å². The number of halogens is 3. The van der Waals surface area contributed by atoms with Gasteiger partial charge in [0.25, 0.3) is 0 Å². The zero-order valence-corrected chi connectivity index (χ0v) is 13.6. The molecule has 0 saturated carbocycles. The fraction of sp³-hybridized carbons (Fsp3) is 0.176. The Morgan fingerprint density at radius 2 is 2.04 bits per heavy atom. The van der Waals surface area contributed by atoms with Gasteiger partial charge in [0, 0.05) is 24.2 Å². The fourth-order valence-corrected chi connectivity index (χ4v) is 2.44. The zero-order valence-electron chi connectivity index (χ0n) is 13.6. The summed E-state index contributed by atoms with van der Waals surface area (Å²) < 4.78 is 44.8. The van der Waals surface area contributed by atoms with Gasteiger partial charge in [-0.05, 0) is 24.6 Å². The highest BCUT2D eigenvalue weighted by Gasteiger charge is 2.34. The van der Waals surface area contributed by atoms with Crippen molar-refractivity contribution < 1.29 is 22.7 Å². The zero-order chi connectivity index (χ0) is 18.7. The summed E-state index contributed by atoms with van der Waals surface area (Å²) in [6.07, 6.45) is 1.32. The normalized spacial score (nSPS) is 11.4. The molecule has 3 aromatic rings. The molecule has 0 aliphatic heterocycles. The Morgan fingerprint density at radius 3 is 2.77 bits per heavy atom. The molecule has 0 bridgehead atoms. The molecule has 26 heavy (non-hydrogen) atoms. The Labute approximate surface area is 146 Å². The molecular formula is C17H13F3N4O2. The molecular weight excluding hydrogens is 349 g/mol. The average Bonchev–Trinajstić information content (AvgIpc) is 3.10. The van der Waals surface area contributed by atoms with Crippen LogP contribution in [0.3, 0.4) is 0 Å². The molecule has 3 aromatic heterocycles. The third-order valence-electron chi connectivity index (χ3n) is 3.67. The third-order valence-corrected chi connectivity index (χ3v) is 3.67. The maximum absolute atomic E-state index is 13.1. The molecule has 0 N–H and O–H groups in total. The molecule has 3 rings (SSSR count). The quantitative estimate of drug-likeness (QED) is 0.650. The first kappa shape index (κ1) is 17.6. The van der Waals surface area contributed by atoms with Crippen LogP contribution in [0.4, 0.5) is 13.2 Å². The Bertz CT molecular complexity index is 938. The van der Waals surface area contributed by atoms with Crippen LogP contribution in [0.15, 0.2) is 43.0 Å². The maximum atomic E-state index is 13.1. The third kappa shape index (κ3) is 3.41. The van der Waals surface area contributed by atoms with E-state index in [1.807, 2.05) is 0 Å². The van der Waals surface area contributed by atoms with E-state index in [-0.39, 0.29) is 28.4 Å². The van der Waals surface area contributed by atoms with Crippen LogP contribution in [-0.2, 0) is 12.9 Å². The van der Waals surface area contributed by atoms with Crippen LogP contribution in [0.5, 0.6) is 5.75 Å². The van der Waals surface area contributed by atoms with E-state index in [0.717, 1.165) is 6.20 Å². The SMILES string of the molecule is Cc1cncc(OCc2cccnc2-c2ccnn2C(F)(F)F)c1C=O. The second-order valence-corrected chi connectivity index (χ2v) is 5.38. The van der Waals surface area contributed by atoms with Crippen LogP contribution in [0, 0.1) is 6.92 Å². The van der Waals surface area contributed by atoms with E-state index in [1.54, 1.807) is 19.1 Å². The minimum absolute atomic E-state index is 0.0517. The van der Waals surface area contributed by atoms with Crippen molar-refractivity contribution in [3.8, 4) is 17.1 Å². The summed E-state index contributed by atoms with van der Waals surface area (Å²) in [4.78, 5) is 19.2. The van der Waals surface area contributed by atoms with Gasteiger partial charge >= 0.3 is 6.30 Å². The molecule has 0 amide bonds. The molecule has 0 aromatic carbocycles. The molecule has 6 nitrogen and oxygen atoms in total. The number of ether oxygens (including phenoxy) is 1. The summed E-state index contributed by atoms with van der Waals surface area (Å²) in [5, 5.41) is 3.32. The van der Waals surface area contributed by atoms with Gasteiger partial charge in [0.05, 0.1) is 23.1 Å². The molecule has 0 saturated heterocycles. The first-order valence-electron chi connectivity index (χ1n) is 7.50. The van der Waals surface area contributed by atoms with E-state index in [0.29, 0.717) is 23.0 Å². The number of aromatic nitrogens is 4. The molecule has 0 atom stereocenters. The molecule has 0 spiro atoms. The number of aryl methyl sites for hydroxylation is 1. The van der Waals surface area contributed by atoms with Crippen molar-refractivity contribution in [2.24, 2.45) is 0 Å². The summed E-state index contributed by atoms with van der Waals surface area (Å²) in [5.74, 6) is 0.249. The van der Waals surface area contributed by atoms with Crippen LogP contribution in [0.1, 0.15) is 21.5 Å². The van der Waals surface area contributed by atoms with E-state index in [9.17, 15) is 18.0 Å². The standard InChI is InChI=1S/C17H13F3N4O2/c1-11-7-21-8-15(13(11)9-25)26-10-12-3-2-5-22-16(12)14-4-6-23-24(14)17(18,19)20/h2-9H,10H2,1H3. The first-order valence-corrected chi connectivity index (χ1v) is 7.50. The van der Waals surface area contributed by atoms with Crippen molar-refractivity contribution in [2.75, 3.05) is 0 Å². The van der Waals surface area contributed by atoms with Crippen molar-refractivity contribution >= 4 is 6.29 Å². The van der Waals surface area contributed by atoms with Crippen LogP contribution < -0.4 is 4.74 Å². The number of alkyl halides is 3. The summed E-state index contributed by atoms with van der Waals surface area (Å²) in [5.41, 5.74) is 1.28. The lowest BCUT2D eigenvalue weighted by atomic mass is 10.1. The second kappa shape index (κ2) is 6.95. The van der Waals surface area contributed by atoms with E-state index in [1.165, 1.54) is 24.7 Å². The number of hydrogen-bond acceptors (Lipinski definition) is 5. The predicted octanol–water partition coefficient (Wildman–Crippen LogP) is 3.52. The van der Waals surface area contributed by atoms with E-state index >= 15 is 0 Å². The van der Waals surface area contributed by atoms with Gasteiger partial charge in [-0.2, -0.15) is 9.78 Å². The number of aldehydes is 1. The van der Waals surface area contributed by atoms with Crippen LogP contribution in [0.25, 0.3) is 11.4 Å². The highest BCUT2D eigenvalue weighted by atomic mass is 19.4. The van der Waals surface area contributed by atoms with Crippen molar-refractivity contribution in [3.05, 3.63) is 59.7 Å². The topological polar surface area (TPSA) is 69.9 Å². The van der Waals surface area contributed by atoms with Crippen LogP contribution >= 0.6 is 0 Å². The van der Waals surface area contributed by atoms with Gasteiger partial charge in [-0.1, -0.05) is 6.07 Å². The predicted molar refractivity (Wildman–Crippen MR) is 85.4 cm³/mol. The van der Waals surface area contributed by atoms with E-state index < -0.39 is 6.30 Å².